The lowest BCUT2D eigenvalue weighted by molar-refractivity contribution is -0.140. The first-order chi connectivity index (χ1) is 5.08. The minimum atomic E-state index is -0.951. The average molecular weight is 175 g/mol. The maximum absolute atomic E-state index is 11.2. The molecule has 0 radical (unpaired) electrons. The van der Waals surface area contributed by atoms with Crippen LogP contribution in [-0.4, -0.2) is 38.2 Å². The van der Waals surface area contributed by atoms with Crippen molar-refractivity contribution in [2.45, 2.75) is 18.5 Å². The van der Waals surface area contributed by atoms with Gasteiger partial charge < -0.3 is 4.74 Å². The van der Waals surface area contributed by atoms with Gasteiger partial charge in [0.25, 0.3) is 0 Å². The molecule has 2 nitrogen and oxygen atoms in total. The summed E-state index contributed by atoms with van der Waals surface area (Å²) in [5, 5.41) is 0. The molecule has 64 valence electrons. The predicted octanol–water partition coefficient (Wildman–Crippen LogP) is 1.60. The zero-order valence-electron chi connectivity index (χ0n) is 7.46. The maximum atomic E-state index is 11.2. The maximum Gasteiger partial charge on any atom is 0.346 e. The molecule has 1 atom stereocenters. The third-order valence-electron chi connectivity index (χ3n) is 2.53. The third-order valence-corrected chi connectivity index (χ3v) is 6.15. The third kappa shape index (κ3) is 1.73. The van der Waals surface area contributed by atoms with Gasteiger partial charge in [-0.15, -0.1) is 0 Å². The highest BCUT2D eigenvalue weighted by Crippen LogP contribution is 2.62. The van der Waals surface area contributed by atoms with Crippen molar-refractivity contribution in [2.75, 3.05) is 26.6 Å². The van der Waals surface area contributed by atoms with Crippen LogP contribution in [0.5, 0.6) is 0 Å². The van der Waals surface area contributed by atoms with Crippen LogP contribution in [0.1, 0.15) is 12.8 Å². The molecule has 0 aliphatic carbocycles. The van der Waals surface area contributed by atoms with Crippen LogP contribution in [0.15, 0.2) is 0 Å². The molecule has 3 heteroatoms. The molecule has 1 aliphatic heterocycles. The lowest BCUT2D eigenvalue weighted by Crippen LogP contribution is -2.21. The molecule has 0 spiro atoms. The van der Waals surface area contributed by atoms with E-state index in [4.69, 9.17) is 4.74 Å². The summed E-state index contributed by atoms with van der Waals surface area (Å²) in [5.41, 5.74) is 0.243. The minimum absolute atomic E-state index is 0.0147. The summed E-state index contributed by atoms with van der Waals surface area (Å²) in [4.78, 5) is 11.2. The molecule has 0 aromatic carbocycles. The van der Waals surface area contributed by atoms with E-state index in [-0.39, 0.29) is 11.6 Å². The summed E-state index contributed by atoms with van der Waals surface area (Å²) >= 11 is 0. The lowest BCUT2D eigenvalue weighted by atomic mass is 10.2. The van der Waals surface area contributed by atoms with Crippen molar-refractivity contribution in [3.8, 4) is 0 Å². The Morgan fingerprint density at radius 2 is 2.18 bits per heavy atom. The molecular formula is C8H16O2P+. The molecule has 1 heterocycles. The summed E-state index contributed by atoms with van der Waals surface area (Å²) in [5.74, 6) is 0.0147. The molecule has 1 fully saturated rings. The first kappa shape index (κ1) is 8.99. The first-order valence-corrected chi connectivity index (χ1v) is 6.92. The molecule has 1 unspecified atom stereocenters. The van der Waals surface area contributed by atoms with E-state index in [1.54, 1.807) is 0 Å². The van der Waals surface area contributed by atoms with Crippen molar-refractivity contribution in [3.05, 3.63) is 0 Å². The van der Waals surface area contributed by atoms with Crippen molar-refractivity contribution in [3.63, 3.8) is 0 Å². The van der Waals surface area contributed by atoms with Gasteiger partial charge in [-0.05, 0) is 12.8 Å². The SMILES string of the molecule is COC(=O)C1CCC[P+]1(C)C. The molecule has 0 amide bonds. The van der Waals surface area contributed by atoms with Gasteiger partial charge in [0, 0.05) is 20.6 Å². The standard InChI is InChI=1S/C8H16O2P/c1-10-8(9)7-5-4-6-11(7,2)3/h7H,4-6H2,1-3H3/q+1. The molecule has 0 aromatic rings. The van der Waals surface area contributed by atoms with Gasteiger partial charge in [-0.2, -0.15) is 0 Å². The molecule has 0 N–H and O–H groups in total. The number of ether oxygens (including phenoxy) is 1. The number of hydrogen-bond acceptors (Lipinski definition) is 2. The Kier molecular flexibility index (Phi) is 2.54. The Balaban J connectivity index is 2.64. The van der Waals surface area contributed by atoms with Gasteiger partial charge in [-0.3, -0.25) is 0 Å². The number of carbonyl (C=O) groups excluding carboxylic acids is 1. The monoisotopic (exact) mass is 175 g/mol. The minimum Gasteiger partial charge on any atom is -0.466 e. The highest BCUT2D eigenvalue weighted by Gasteiger charge is 2.46. The van der Waals surface area contributed by atoms with Crippen LogP contribution < -0.4 is 0 Å². The second-order valence-electron chi connectivity index (χ2n) is 3.68. The number of hydrogen-bond donors (Lipinski definition) is 0. The van der Waals surface area contributed by atoms with Crippen LogP contribution in [0.2, 0.25) is 0 Å². The van der Waals surface area contributed by atoms with Crippen LogP contribution in [0.25, 0.3) is 0 Å². The van der Waals surface area contributed by atoms with Gasteiger partial charge in [0.1, 0.15) is 0 Å². The second-order valence-corrected chi connectivity index (χ2v) is 8.31. The molecule has 0 aromatic heterocycles. The summed E-state index contributed by atoms with van der Waals surface area (Å²) in [6.07, 6.45) is 3.51. The zero-order valence-corrected chi connectivity index (χ0v) is 8.36. The fourth-order valence-corrected chi connectivity index (χ4v) is 4.60. The van der Waals surface area contributed by atoms with E-state index in [0.29, 0.717) is 0 Å². The quantitative estimate of drug-likeness (QED) is 0.447. The van der Waals surface area contributed by atoms with E-state index in [1.165, 1.54) is 19.7 Å². The number of carbonyl (C=O) groups is 1. The smallest absolute Gasteiger partial charge is 0.346 e. The second kappa shape index (κ2) is 3.10. The van der Waals surface area contributed by atoms with Crippen molar-refractivity contribution in [2.24, 2.45) is 0 Å². The normalized spacial score (nSPS) is 28.5. The Bertz CT molecular complexity index is 165. The van der Waals surface area contributed by atoms with Crippen molar-refractivity contribution in [1.82, 2.24) is 0 Å². The summed E-state index contributed by atoms with van der Waals surface area (Å²) in [6.45, 7) is 4.50. The Labute approximate surface area is 68.6 Å². The van der Waals surface area contributed by atoms with Crippen molar-refractivity contribution in [1.29, 1.82) is 0 Å². The molecular weight excluding hydrogens is 159 g/mol. The number of rotatable bonds is 1. The number of esters is 1. The van der Waals surface area contributed by atoms with E-state index in [1.807, 2.05) is 0 Å². The molecule has 1 saturated heterocycles. The Hall–Kier alpha value is -0.100. The summed E-state index contributed by atoms with van der Waals surface area (Å²) in [7, 11) is 0.536. The molecule has 0 saturated carbocycles. The molecule has 1 rings (SSSR count). The fourth-order valence-electron chi connectivity index (χ4n) is 1.74. The van der Waals surface area contributed by atoms with Crippen LogP contribution in [0.4, 0.5) is 0 Å². The zero-order chi connectivity index (χ0) is 8.48. The summed E-state index contributed by atoms with van der Waals surface area (Å²) < 4.78 is 4.76. The van der Waals surface area contributed by atoms with Gasteiger partial charge in [0.15, 0.2) is 5.66 Å². The Morgan fingerprint density at radius 3 is 2.55 bits per heavy atom. The van der Waals surface area contributed by atoms with Crippen LogP contribution >= 0.6 is 7.26 Å². The topological polar surface area (TPSA) is 26.3 Å². The van der Waals surface area contributed by atoms with Crippen molar-refractivity contribution < 1.29 is 9.53 Å². The van der Waals surface area contributed by atoms with Crippen LogP contribution in [0.3, 0.4) is 0 Å². The van der Waals surface area contributed by atoms with Gasteiger partial charge in [-0.25, -0.2) is 4.79 Å². The van der Waals surface area contributed by atoms with Crippen LogP contribution in [-0.2, 0) is 9.53 Å². The average Bonchev–Trinajstić information content (AvgIpc) is 2.28. The lowest BCUT2D eigenvalue weighted by Gasteiger charge is -2.17. The van der Waals surface area contributed by atoms with E-state index in [0.717, 1.165) is 6.42 Å². The highest BCUT2D eigenvalue weighted by molar-refractivity contribution is 7.76. The van der Waals surface area contributed by atoms with E-state index in [2.05, 4.69) is 13.3 Å². The predicted molar refractivity (Wildman–Crippen MR) is 48.7 cm³/mol. The highest BCUT2D eigenvalue weighted by atomic mass is 31.2. The molecule has 11 heavy (non-hydrogen) atoms. The van der Waals surface area contributed by atoms with Crippen LogP contribution in [0, 0.1) is 0 Å². The molecule has 1 aliphatic rings. The van der Waals surface area contributed by atoms with Gasteiger partial charge >= 0.3 is 5.97 Å². The largest absolute Gasteiger partial charge is 0.466 e. The first-order valence-electron chi connectivity index (χ1n) is 3.98. The van der Waals surface area contributed by atoms with E-state index in [9.17, 15) is 4.79 Å². The van der Waals surface area contributed by atoms with E-state index >= 15 is 0 Å². The van der Waals surface area contributed by atoms with Crippen molar-refractivity contribution >= 4 is 13.2 Å². The van der Waals surface area contributed by atoms with E-state index < -0.39 is 7.26 Å². The molecule has 0 bridgehead atoms. The summed E-state index contributed by atoms with van der Waals surface area (Å²) in [6, 6.07) is 0. The van der Waals surface area contributed by atoms with Gasteiger partial charge in [-0.1, -0.05) is 0 Å². The fraction of sp³-hybridized carbons (Fsp3) is 0.875. The number of methoxy groups -OCH3 is 1. The van der Waals surface area contributed by atoms with Gasteiger partial charge in [0.05, 0.1) is 13.3 Å². The Morgan fingerprint density at radius 1 is 1.55 bits per heavy atom. The van der Waals surface area contributed by atoms with Gasteiger partial charge in [0.2, 0.25) is 0 Å².